The summed E-state index contributed by atoms with van der Waals surface area (Å²) in [6.07, 6.45) is 3.27. The quantitative estimate of drug-likeness (QED) is 0.507. The zero-order valence-electron chi connectivity index (χ0n) is 19.1. The number of carbonyl (C=O) groups excluding carboxylic acids is 1. The minimum atomic E-state index is -0.0539. The molecule has 0 atom stereocenters. The van der Waals surface area contributed by atoms with Crippen molar-refractivity contribution >= 4 is 5.91 Å². The van der Waals surface area contributed by atoms with Crippen molar-refractivity contribution in [2.75, 3.05) is 39.9 Å². The second-order valence-corrected chi connectivity index (χ2v) is 8.20. The summed E-state index contributed by atoms with van der Waals surface area (Å²) in [5.41, 5.74) is 3.45. The fourth-order valence-electron chi connectivity index (χ4n) is 4.01. The monoisotopic (exact) mass is 445 g/mol. The van der Waals surface area contributed by atoms with Gasteiger partial charge >= 0.3 is 0 Å². The van der Waals surface area contributed by atoms with Gasteiger partial charge in [0.15, 0.2) is 0 Å². The molecule has 0 aliphatic carbocycles. The van der Waals surface area contributed by atoms with Gasteiger partial charge in [-0.1, -0.05) is 30.3 Å². The average molecular weight is 446 g/mol. The van der Waals surface area contributed by atoms with Crippen LogP contribution in [-0.2, 0) is 6.42 Å². The van der Waals surface area contributed by atoms with Gasteiger partial charge in [-0.3, -0.25) is 4.79 Å². The van der Waals surface area contributed by atoms with Crippen molar-refractivity contribution in [1.29, 1.82) is 0 Å². The molecule has 172 valence electrons. The largest absolute Gasteiger partial charge is 0.497 e. The maximum absolute atomic E-state index is 12.6. The third-order valence-electron chi connectivity index (χ3n) is 5.83. The van der Waals surface area contributed by atoms with E-state index < -0.39 is 0 Å². The van der Waals surface area contributed by atoms with Crippen LogP contribution in [0.25, 0.3) is 11.3 Å². The Morgan fingerprint density at radius 2 is 1.85 bits per heavy atom. The van der Waals surface area contributed by atoms with Gasteiger partial charge in [0.1, 0.15) is 5.75 Å². The summed E-state index contributed by atoms with van der Waals surface area (Å²) >= 11 is 0. The Morgan fingerprint density at radius 3 is 2.70 bits per heavy atom. The Bertz CT molecular complexity index is 1060. The number of pyridine rings is 1. The van der Waals surface area contributed by atoms with E-state index in [1.54, 1.807) is 7.11 Å². The number of hydrogen-bond acceptors (Lipinski definition) is 5. The van der Waals surface area contributed by atoms with Crippen LogP contribution in [0.5, 0.6) is 11.6 Å². The molecule has 1 aromatic heterocycles. The molecule has 6 nitrogen and oxygen atoms in total. The molecule has 0 bridgehead atoms. The lowest BCUT2D eigenvalue weighted by molar-refractivity contribution is 0.0950. The molecule has 0 unspecified atom stereocenters. The molecule has 2 heterocycles. The molecule has 1 saturated heterocycles. The standard InChI is InChI=1S/C27H31N3O3/c1-32-24-10-4-7-21(19-24)13-18-33-26-12-6-11-25(29-26)22-8-5-9-23(20-22)27(31)28-14-17-30-15-2-3-16-30/h4-12,19-20H,2-3,13-18H2,1H3,(H,28,31). The van der Waals surface area contributed by atoms with Gasteiger partial charge < -0.3 is 19.7 Å². The van der Waals surface area contributed by atoms with Crippen LogP contribution in [0.4, 0.5) is 0 Å². The van der Waals surface area contributed by atoms with Gasteiger partial charge in [0, 0.05) is 36.7 Å². The van der Waals surface area contributed by atoms with Crippen molar-refractivity contribution in [2.24, 2.45) is 0 Å². The van der Waals surface area contributed by atoms with Gasteiger partial charge in [0.2, 0.25) is 5.88 Å². The van der Waals surface area contributed by atoms with Crippen LogP contribution in [-0.4, -0.2) is 55.7 Å². The van der Waals surface area contributed by atoms with E-state index in [9.17, 15) is 4.79 Å². The molecule has 1 fully saturated rings. The summed E-state index contributed by atoms with van der Waals surface area (Å²) in [5.74, 6) is 1.35. The molecular weight excluding hydrogens is 414 g/mol. The highest BCUT2D eigenvalue weighted by atomic mass is 16.5. The number of nitrogens with zero attached hydrogens (tertiary/aromatic N) is 2. The summed E-state index contributed by atoms with van der Waals surface area (Å²) in [6.45, 7) is 4.35. The topological polar surface area (TPSA) is 63.7 Å². The summed E-state index contributed by atoms with van der Waals surface area (Å²) in [7, 11) is 1.66. The second-order valence-electron chi connectivity index (χ2n) is 8.20. The molecule has 3 aromatic rings. The van der Waals surface area contributed by atoms with Crippen molar-refractivity contribution in [3.63, 3.8) is 0 Å². The number of nitrogens with one attached hydrogen (secondary N) is 1. The Balaban J connectivity index is 1.33. The van der Waals surface area contributed by atoms with Gasteiger partial charge in [-0.15, -0.1) is 0 Å². The number of aromatic nitrogens is 1. The molecule has 1 amide bonds. The van der Waals surface area contributed by atoms with E-state index in [1.165, 1.54) is 12.8 Å². The van der Waals surface area contributed by atoms with Crippen molar-refractivity contribution < 1.29 is 14.3 Å². The van der Waals surface area contributed by atoms with Gasteiger partial charge in [0.05, 0.1) is 19.4 Å². The second kappa shape index (κ2) is 11.5. The third-order valence-corrected chi connectivity index (χ3v) is 5.83. The van der Waals surface area contributed by atoms with E-state index in [4.69, 9.17) is 9.47 Å². The molecule has 0 radical (unpaired) electrons. The smallest absolute Gasteiger partial charge is 0.251 e. The predicted octanol–water partition coefficient (Wildman–Crippen LogP) is 4.20. The number of benzene rings is 2. The SMILES string of the molecule is COc1cccc(CCOc2cccc(-c3cccc(C(=O)NCCN4CCCC4)c3)n2)c1. The minimum Gasteiger partial charge on any atom is -0.497 e. The molecule has 1 aliphatic heterocycles. The van der Waals surface area contributed by atoms with Gasteiger partial charge in [0.25, 0.3) is 5.91 Å². The normalized spacial score (nSPS) is 13.6. The van der Waals surface area contributed by atoms with E-state index in [2.05, 4.69) is 21.3 Å². The maximum atomic E-state index is 12.6. The highest BCUT2D eigenvalue weighted by Gasteiger charge is 2.12. The number of carbonyl (C=O) groups is 1. The van der Waals surface area contributed by atoms with Crippen molar-refractivity contribution in [2.45, 2.75) is 19.3 Å². The predicted molar refractivity (Wildman–Crippen MR) is 130 cm³/mol. The average Bonchev–Trinajstić information content (AvgIpc) is 3.38. The van der Waals surface area contributed by atoms with Crippen LogP contribution in [0.2, 0.25) is 0 Å². The summed E-state index contributed by atoms with van der Waals surface area (Å²) < 4.78 is 11.2. The first-order valence-corrected chi connectivity index (χ1v) is 11.5. The molecule has 6 heteroatoms. The van der Waals surface area contributed by atoms with Crippen LogP contribution < -0.4 is 14.8 Å². The Labute approximate surface area is 195 Å². The van der Waals surface area contributed by atoms with Crippen LogP contribution in [0, 0.1) is 0 Å². The summed E-state index contributed by atoms with van der Waals surface area (Å²) in [5, 5.41) is 3.03. The van der Waals surface area contributed by atoms with Crippen LogP contribution >= 0.6 is 0 Å². The fraction of sp³-hybridized carbons (Fsp3) is 0.333. The lowest BCUT2D eigenvalue weighted by Crippen LogP contribution is -2.33. The number of ether oxygens (including phenoxy) is 2. The van der Waals surface area contributed by atoms with Crippen molar-refractivity contribution in [3.05, 3.63) is 77.9 Å². The molecule has 0 spiro atoms. The van der Waals surface area contributed by atoms with E-state index in [-0.39, 0.29) is 5.91 Å². The zero-order valence-corrected chi connectivity index (χ0v) is 19.1. The first-order valence-electron chi connectivity index (χ1n) is 11.5. The number of likely N-dealkylation sites (tertiary alicyclic amines) is 1. The molecule has 1 aliphatic rings. The van der Waals surface area contributed by atoms with E-state index in [0.29, 0.717) is 24.6 Å². The Morgan fingerprint density at radius 1 is 1.03 bits per heavy atom. The molecule has 33 heavy (non-hydrogen) atoms. The first kappa shape index (κ1) is 22.8. The lowest BCUT2D eigenvalue weighted by Gasteiger charge is -2.14. The first-order chi connectivity index (χ1) is 16.2. The summed E-state index contributed by atoms with van der Waals surface area (Å²) in [4.78, 5) is 19.6. The van der Waals surface area contributed by atoms with E-state index in [0.717, 1.165) is 48.6 Å². The molecular formula is C27H31N3O3. The van der Waals surface area contributed by atoms with Crippen molar-refractivity contribution in [3.8, 4) is 22.9 Å². The number of hydrogen-bond donors (Lipinski definition) is 1. The van der Waals surface area contributed by atoms with Gasteiger partial charge in [-0.25, -0.2) is 4.98 Å². The maximum Gasteiger partial charge on any atom is 0.251 e. The highest BCUT2D eigenvalue weighted by molar-refractivity contribution is 5.95. The zero-order chi connectivity index (χ0) is 22.9. The van der Waals surface area contributed by atoms with Gasteiger partial charge in [-0.2, -0.15) is 0 Å². The Kier molecular flexibility index (Phi) is 7.93. The number of rotatable bonds is 10. The van der Waals surface area contributed by atoms with Gasteiger partial charge in [-0.05, 0) is 61.8 Å². The van der Waals surface area contributed by atoms with E-state index >= 15 is 0 Å². The van der Waals surface area contributed by atoms with E-state index in [1.807, 2.05) is 60.7 Å². The summed E-state index contributed by atoms with van der Waals surface area (Å²) in [6, 6.07) is 21.2. The lowest BCUT2D eigenvalue weighted by atomic mass is 10.1. The highest BCUT2D eigenvalue weighted by Crippen LogP contribution is 2.21. The minimum absolute atomic E-state index is 0.0539. The molecule has 4 rings (SSSR count). The molecule has 1 N–H and O–H groups in total. The third kappa shape index (κ3) is 6.56. The van der Waals surface area contributed by atoms with Crippen molar-refractivity contribution in [1.82, 2.24) is 15.2 Å². The fourth-order valence-corrected chi connectivity index (χ4v) is 4.01. The van der Waals surface area contributed by atoms with Crippen LogP contribution in [0.3, 0.4) is 0 Å². The Hall–Kier alpha value is -3.38. The van der Waals surface area contributed by atoms with Crippen LogP contribution in [0.1, 0.15) is 28.8 Å². The number of methoxy groups -OCH3 is 1. The number of amides is 1. The molecule has 0 saturated carbocycles. The molecule has 2 aromatic carbocycles. The van der Waals surface area contributed by atoms with Crippen LogP contribution in [0.15, 0.2) is 66.7 Å².